The number of nitrogens with two attached hydrogens (primary N) is 1. The third-order valence-electron chi connectivity index (χ3n) is 3.52. The average Bonchev–Trinajstić information content (AvgIpc) is 2.33. The van der Waals surface area contributed by atoms with Gasteiger partial charge in [0, 0.05) is 20.0 Å². The van der Waals surface area contributed by atoms with Crippen molar-refractivity contribution in [3.63, 3.8) is 0 Å². The molecule has 0 aliphatic carbocycles. The molecule has 0 unspecified atom stereocenters. The highest BCUT2D eigenvalue weighted by atomic mass is 16.2. The molecule has 0 spiro atoms. The zero-order valence-electron chi connectivity index (χ0n) is 12.8. The van der Waals surface area contributed by atoms with Crippen LogP contribution in [0.15, 0.2) is 18.2 Å². The first-order valence-corrected chi connectivity index (χ1v) is 6.75. The monoisotopic (exact) mass is 262 g/mol. The summed E-state index contributed by atoms with van der Waals surface area (Å²) in [5.41, 5.74) is 9.21. The van der Waals surface area contributed by atoms with Crippen LogP contribution in [0.4, 0.5) is 0 Å². The van der Waals surface area contributed by atoms with Crippen molar-refractivity contribution in [2.24, 2.45) is 11.1 Å². The fourth-order valence-electron chi connectivity index (χ4n) is 1.93. The Morgan fingerprint density at radius 1 is 1.32 bits per heavy atom. The van der Waals surface area contributed by atoms with Crippen LogP contribution < -0.4 is 5.73 Å². The molecule has 0 radical (unpaired) electrons. The summed E-state index contributed by atoms with van der Waals surface area (Å²) in [6, 6.07) is 6.35. The zero-order valence-corrected chi connectivity index (χ0v) is 12.8. The quantitative estimate of drug-likeness (QED) is 0.886. The van der Waals surface area contributed by atoms with Gasteiger partial charge in [-0.2, -0.15) is 0 Å². The number of hydrogen-bond donors (Lipinski definition) is 1. The molecule has 2 N–H and O–H groups in total. The normalized spacial score (nSPS) is 11.5. The predicted octanol–water partition coefficient (Wildman–Crippen LogP) is 2.64. The molecule has 1 aromatic carbocycles. The summed E-state index contributed by atoms with van der Waals surface area (Å²) in [6.45, 7) is 9.38. The summed E-state index contributed by atoms with van der Waals surface area (Å²) in [5, 5.41) is 0. The highest BCUT2D eigenvalue weighted by Crippen LogP contribution is 2.20. The van der Waals surface area contributed by atoms with E-state index in [1.54, 1.807) is 4.90 Å². The van der Waals surface area contributed by atoms with Crippen LogP contribution in [0.25, 0.3) is 0 Å². The Kier molecular flexibility index (Phi) is 5.12. The van der Waals surface area contributed by atoms with Crippen LogP contribution in [0.2, 0.25) is 0 Å². The Balaban J connectivity index is 2.71. The van der Waals surface area contributed by atoms with Crippen LogP contribution in [0.1, 0.15) is 37.0 Å². The van der Waals surface area contributed by atoms with Gasteiger partial charge in [0.05, 0.1) is 0 Å². The topological polar surface area (TPSA) is 46.3 Å². The second-order valence-corrected chi connectivity index (χ2v) is 6.22. The molecular weight excluding hydrogens is 236 g/mol. The number of nitrogens with zero attached hydrogens (tertiary/aromatic N) is 1. The molecule has 3 nitrogen and oxygen atoms in total. The van der Waals surface area contributed by atoms with Crippen molar-refractivity contribution in [1.29, 1.82) is 0 Å². The lowest BCUT2D eigenvalue weighted by molar-refractivity contribution is -0.132. The van der Waals surface area contributed by atoms with E-state index < -0.39 is 0 Å². The van der Waals surface area contributed by atoms with Gasteiger partial charge in [-0.05, 0) is 36.9 Å². The molecule has 0 saturated heterocycles. The number of benzene rings is 1. The number of hydrogen-bond acceptors (Lipinski definition) is 2. The van der Waals surface area contributed by atoms with Gasteiger partial charge in [0.1, 0.15) is 0 Å². The van der Waals surface area contributed by atoms with E-state index in [0.717, 1.165) is 0 Å². The smallest absolute Gasteiger partial charge is 0.223 e. The molecule has 0 atom stereocenters. The lowest BCUT2D eigenvalue weighted by Gasteiger charge is -2.26. The van der Waals surface area contributed by atoms with Gasteiger partial charge < -0.3 is 10.6 Å². The molecule has 19 heavy (non-hydrogen) atoms. The first-order valence-electron chi connectivity index (χ1n) is 6.75. The second kappa shape index (κ2) is 6.20. The fraction of sp³-hybridized carbons (Fsp3) is 0.562. The van der Waals surface area contributed by atoms with Crippen molar-refractivity contribution in [2.75, 3.05) is 13.6 Å². The van der Waals surface area contributed by atoms with Crippen LogP contribution in [0.5, 0.6) is 0 Å². The van der Waals surface area contributed by atoms with E-state index in [1.165, 1.54) is 16.7 Å². The van der Waals surface area contributed by atoms with Crippen LogP contribution in [-0.2, 0) is 11.3 Å². The third kappa shape index (κ3) is 4.67. The van der Waals surface area contributed by atoms with Crippen LogP contribution in [0.3, 0.4) is 0 Å². The minimum atomic E-state index is -0.132. The van der Waals surface area contributed by atoms with Crippen LogP contribution in [0, 0.1) is 19.3 Å². The molecule has 1 aromatic rings. The molecule has 106 valence electrons. The summed E-state index contributed by atoms with van der Waals surface area (Å²) < 4.78 is 0. The lowest BCUT2D eigenvalue weighted by Crippen LogP contribution is -2.34. The van der Waals surface area contributed by atoms with E-state index in [1.807, 2.05) is 20.9 Å². The highest BCUT2D eigenvalue weighted by Gasteiger charge is 2.22. The fourth-order valence-corrected chi connectivity index (χ4v) is 1.93. The van der Waals surface area contributed by atoms with E-state index >= 15 is 0 Å². The minimum absolute atomic E-state index is 0.132. The van der Waals surface area contributed by atoms with Gasteiger partial charge in [-0.3, -0.25) is 4.79 Å². The standard InChI is InChI=1S/C16H26N2O/c1-12-6-7-13(2)14(8-12)10-18(5)15(19)9-16(3,4)11-17/h6-8H,9-11,17H2,1-5H3. The maximum Gasteiger partial charge on any atom is 0.223 e. The van der Waals surface area contributed by atoms with Gasteiger partial charge in [0.25, 0.3) is 0 Å². The second-order valence-electron chi connectivity index (χ2n) is 6.22. The number of amides is 1. The SMILES string of the molecule is Cc1ccc(C)c(CN(C)C(=O)CC(C)(C)CN)c1. The van der Waals surface area contributed by atoms with Gasteiger partial charge in [0.15, 0.2) is 0 Å². The predicted molar refractivity (Wildman–Crippen MR) is 79.8 cm³/mol. The van der Waals surface area contributed by atoms with Crippen LogP contribution in [-0.4, -0.2) is 24.4 Å². The first kappa shape index (κ1) is 15.7. The van der Waals surface area contributed by atoms with Gasteiger partial charge in [-0.25, -0.2) is 0 Å². The van der Waals surface area contributed by atoms with E-state index in [2.05, 4.69) is 32.0 Å². The zero-order chi connectivity index (χ0) is 14.6. The summed E-state index contributed by atoms with van der Waals surface area (Å²) in [5.74, 6) is 0.149. The van der Waals surface area contributed by atoms with Crippen molar-refractivity contribution in [2.45, 2.75) is 40.7 Å². The Labute approximate surface area is 116 Å². The van der Waals surface area contributed by atoms with Crippen molar-refractivity contribution >= 4 is 5.91 Å². The molecular formula is C16H26N2O. The van der Waals surface area contributed by atoms with E-state index in [0.29, 0.717) is 19.5 Å². The summed E-state index contributed by atoms with van der Waals surface area (Å²) in [4.78, 5) is 14.0. The maximum atomic E-state index is 12.2. The largest absolute Gasteiger partial charge is 0.341 e. The minimum Gasteiger partial charge on any atom is -0.341 e. The third-order valence-corrected chi connectivity index (χ3v) is 3.52. The molecule has 0 aromatic heterocycles. The maximum absolute atomic E-state index is 12.2. The molecule has 0 bridgehead atoms. The number of carbonyl (C=O) groups excluding carboxylic acids is 1. The number of carbonyl (C=O) groups is 1. The lowest BCUT2D eigenvalue weighted by atomic mass is 9.89. The summed E-state index contributed by atoms with van der Waals surface area (Å²) in [7, 11) is 1.86. The highest BCUT2D eigenvalue weighted by molar-refractivity contribution is 5.76. The molecule has 3 heteroatoms. The Morgan fingerprint density at radius 2 is 1.95 bits per heavy atom. The number of rotatable bonds is 5. The molecule has 0 aliphatic heterocycles. The number of aryl methyl sites for hydroxylation is 2. The first-order chi connectivity index (χ1) is 8.75. The van der Waals surface area contributed by atoms with Crippen LogP contribution >= 0.6 is 0 Å². The molecule has 1 rings (SSSR count). The molecule has 0 heterocycles. The molecule has 0 aliphatic rings. The Bertz CT molecular complexity index is 452. The molecule has 1 amide bonds. The van der Waals surface area contributed by atoms with E-state index in [-0.39, 0.29) is 11.3 Å². The van der Waals surface area contributed by atoms with Gasteiger partial charge in [-0.15, -0.1) is 0 Å². The molecule has 0 fully saturated rings. The van der Waals surface area contributed by atoms with Crippen molar-refractivity contribution in [3.05, 3.63) is 34.9 Å². The Morgan fingerprint density at radius 3 is 2.53 bits per heavy atom. The summed E-state index contributed by atoms with van der Waals surface area (Å²) >= 11 is 0. The van der Waals surface area contributed by atoms with E-state index in [4.69, 9.17) is 5.73 Å². The van der Waals surface area contributed by atoms with Crippen molar-refractivity contribution in [1.82, 2.24) is 4.90 Å². The van der Waals surface area contributed by atoms with Crippen molar-refractivity contribution in [3.8, 4) is 0 Å². The van der Waals surface area contributed by atoms with E-state index in [9.17, 15) is 4.79 Å². The average molecular weight is 262 g/mol. The van der Waals surface area contributed by atoms with Crippen molar-refractivity contribution < 1.29 is 4.79 Å². The Hall–Kier alpha value is -1.35. The summed E-state index contributed by atoms with van der Waals surface area (Å²) in [6.07, 6.45) is 0.491. The van der Waals surface area contributed by atoms with Gasteiger partial charge >= 0.3 is 0 Å². The van der Waals surface area contributed by atoms with Gasteiger partial charge in [-0.1, -0.05) is 37.6 Å². The van der Waals surface area contributed by atoms with Gasteiger partial charge in [0.2, 0.25) is 5.91 Å². The molecule has 0 saturated carbocycles.